The maximum Gasteiger partial charge on any atom is 0.196 e. The Hall–Kier alpha value is -1.71. The quantitative estimate of drug-likeness (QED) is 0.753. The molecule has 2 rings (SSSR count). The van der Waals surface area contributed by atoms with Gasteiger partial charge < -0.3 is 15.4 Å². The molecule has 0 fully saturated rings. The Balaban J connectivity index is 2.36. The van der Waals surface area contributed by atoms with Gasteiger partial charge in [-0.3, -0.25) is 4.99 Å². The molecule has 4 nitrogen and oxygen atoms in total. The van der Waals surface area contributed by atoms with Crippen molar-refractivity contribution in [3.05, 3.63) is 24.3 Å². The van der Waals surface area contributed by atoms with Crippen molar-refractivity contribution in [1.82, 2.24) is 0 Å². The smallest absolute Gasteiger partial charge is 0.196 e. The summed E-state index contributed by atoms with van der Waals surface area (Å²) >= 11 is 0. The maximum absolute atomic E-state index is 5.75. The van der Waals surface area contributed by atoms with E-state index < -0.39 is 0 Å². The first-order valence-corrected chi connectivity index (χ1v) is 4.53. The predicted molar refractivity (Wildman–Crippen MR) is 56.8 cm³/mol. The maximum atomic E-state index is 5.75. The molecule has 1 aliphatic rings. The monoisotopic (exact) mass is 191 g/mol. The van der Waals surface area contributed by atoms with E-state index in [1.165, 1.54) is 0 Å². The summed E-state index contributed by atoms with van der Waals surface area (Å²) in [6.07, 6.45) is 0. The zero-order valence-corrected chi connectivity index (χ0v) is 8.10. The average Bonchev–Trinajstić information content (AvgIpc) is 2.64. The molecule has 1 aliphatic heterocycles. The van der Waals surface area contributed by atoms with Crippen molar-refractivity contribution in [3.8, 4) is 5.75 Å². The lowest BCUT2D eigenvalue weighted by atomic mass is 10.2. The molecule has 0 saturated heterocycles. The van der Waals surface area contributed by atoms with Crippen LogP contribution in [0.4, 0.5) is 5.69 Å². The van der Waals surface area contributed by atoms with Gasteiger partial charge >= 0.3 is 0 Å². The van der Waals surface area contributed by atoms with Crippen LogP contribution in [0.1, 0.15) is 0 Å². The fourth-order valence-corrected chi connectivity index (χ4v) is 1.56. The number of ether oxygens (including phenoxy) is 1. The fraction of sp³-hybridized carbons (Fsp3) is 0.300. The van der Waals surface area contributed by atoms with Gasteiger partial charge in [-0.15, -0.1) is 0 Å². The molecule has 0 aromatic heterocycles. The number of aliphatic imine (C=N–C) groups is 1. The van der Waals surface area contributed by atoms with Gasteiger partial charge in [0.1, 0.15) is 5.75 Å². The van der Waals surface area contributed by atoms with E-state index in [4.69, 9.17) is 10.5 Å². The van der Waals surface area contributed by atoms with Crippen molar-refractivity contribution >= 4 is 11.6 Å². The van der Waals surface area contributed by atoms with Gasteiger partial charge in [0.2, 0.25) is 0 Å². The molecular weight excluding hydrogens is 178 g/mol. The van der Waals surface area contributed by atoms with Gasteiger partial charge in [-0.05, 0) is 12.1 Å². The lowest BCUT2D eigenvalue weighted by molar-refractivity contribution is 0.415. The first-order valence-electron chi connectivity index (χ1n) is 4.53. The van der Waals surface area contributed by atoms with Crippen LogP contribution in [0.25, 0.3) is 0 Å². The van der Waals surface area contributed by atoms with E-state index in [1.807, 2.05) is 29.2 Å². The van der Waals surface area contributed by atoms with Crippen LogP contribution < -0.4 is 15.4 Å². The third-order valence-corrected chi connectivity index (χ3v) is 2.25. The molecule has 74 valence electrons. The number of hydrogen-bond donors (Lipinski definition) is 1. The Morgan fingerprint density at radius 1 is 1.43 bits per heavy atom. The number of rotatable bonds is 2. The number of benzene rings is 1. The lowest BCUT2D eigenvalue weighted by Gasteiger charge is -2.19. The molecular formula is C10H13N3O. The van der Waals surface area contributed by atoms with Crippen molar-refractivity contribution in [2.24, 2.45) is 10.7 Å². The highest BCUT2D eigenvalue weighted by Crippen LogP contribution is 2.28. The summed E-state index contributed by atoms with van der Waals surface area (Å²) in [4.78, 5) is 6.09. The van der Waals surface area contributed by atoms with Crippen LogP contribution in [0.5, 0.6) is 5.75 Å². The molecule has 0 unspecified atom stereocenters. The number of para-hydroxylation sites is 2. The summed E-state index contributed by atoms with van der Waals surface area (Å²) in [6, 6.07) is 7.79. The zero-order chi connectivity index (χ0) is 9.97. The summed E-state index contributed by atoms with van der Waals surface area (Å²) in [5, 5.41) is 0. The molecule has 1 heterocycles. The summed E-state index contributed by atoms with van der Waals surface area (Å²) in [6.45, 7) is 1.58. The Labute approximate surface area is 83.0 Å². The molecule has 4 heteroatoms. The minimum Gasteiger partial charge on any atom is -0.495 e. The highest BCUT2D eigenvalue weighted by molar-refractivity contribution is 5.97. The van der Waals surface area contributed by atoms with Gasteiger partial charge in [-0.2, -0.15) is 0 Å². The molecule has 0 aliphatic carbocycles. The third kappa shape index (κ3) is 1.39. The van der Waals surface area contributed by atoms with E-state index in [-0.39, 0.29) is 0 Å². The molecule has 1 aromatic carbocycles. The molecule has 0 spiro atoms. The van der Waals surface area contributed by atoms with Gasteiger partial charge in [0.25, 0.3) is 0 Å². The Kier molecular flexibility index (Phi) is 2.26. The van der Waals surface area contributed by atoms with Gasteiger partial charge in [0.15, 0.2) is 5.96 Å². The number of methoxy groups -OCH3 is 1. The van der Waals surface area contributed by atoms with Crippen LogP contribution in [0.2, 0.25) is 0 Å². The lowest BCUT2D eigenvalue weighted by Crippen LogP contribution is -2.33. The van der Waals surface area contributed by atoms with Crippen LogP contribution >= 0.6 is 0 Å². The largest absolute Gasteiger partial charge is 0.495 e. The number of hydrogen-bond acceptors (Lipinski definition) is 4. The zero-order valence-electron chi connectivity index (χ0n) is 8.10. The summed E-state index contributed by atoms with van der Waals surface area (Å²) in [5.74, 6) is 1.39. The van der Waals surface area contributed by atoms with Gasteiger partial charge in [-0.1, -0.05) is 12.1 Å². The summed E-state index contributed by atoms with van der Waals surface area (Å²) in [7, 11) is 1.65. The summed E-state index contributed by atoms with van der Waals surface area (Å²) in [5.41, 5.74) is 6.74. The molecule has 0 bridgehead atoms. The standard InChI is InChI=1S/C10H13N3O/c1-14-9-5-3-2-4-8(9)13-7-6-12-10(13)11/h2-5H,6-7H2,1H3,(H2,11,12). The summed E-state index contributed by atoms with van der Waals surface area (Å²) < 4.78 is 5.25. The van der Waals surface area contributed by atoms with Crippen LogP contribution in [0, 0.1) is 0 Å². The number of anilines is 1. The van der Waals surface area contributed by atoms with Crippen LogP contribution in [0.3, 0.4) is 0 Å². The van der Waals surface area contributed by atoms with Crippen molar-refractivity contribution in [1.29, 1.82) is 0 Å². The molecule has 14 heavy (non-hydrogen) atoms. The Morgan fingerprint density at radius 3 is 2.86 bits per heavy atom. The second-order valence-electron chi connectivity index (χ2n) is 3.06. The minimum atomic E-state index is 0.564. The molecule has 0 saturated carbocycles. The average molecular weight is 191 g/mol. The Bertz CT molecular complexity index is 362. The van der Waals surface area contributed by atoms with E-state index in [1.54, 1.807) is 7.11 Å². The van der Waals surface area contributed by atoms with E-state index in [2.05, 4.69) is 4.99 Å². The van der Waals surface area contributed by atoms with Crippen LogP contribution in [0.15, 0.2) is 29.3 Å². The first-order chi connectivity index (χ1) is 6.83. The minimum absolute atomic E-state index is 0.564. The normalized spacial score (nSPS) is 15.5. The fourth-order valence-electron chi connectivity index (χ4n) is 1.56. The predicted octanol–water partition coefficient (Wildman–Crippen LogP) is 0.830. The third-order valence-electron chi connectivity index (χ3n) is 2.25. The number of nitrogens with two attached hydrogens (primary N) is 1. The van der Waals surface area contributed by atoms with E-state index >= 15 is 0 Å². The van der Waals surface area contributed by atoms with E-state index in [0.717, 1.165) is 24.5 Å². The van der Waals surface area contributed by atoms with E-state index in [0.29, 0.717) is 5.96 Å². The van der Waals surface area contributed by atoms with E-state index in [9.17, 15) is 0 Å². The van der Waals surface area contributed by atoms with Crippen LogP contribution in [-0.4, -0.2) is 26.2 Å². The molecule has 0 amide bonds. The molecule has 1 aromatic rings. The van der Waals surface area contributed by atoms with Gasteiger partial charge in [0, 0.05) is 6.54 Å². The van der Waals surface area contributed by atoms with Crippen molar-refractivity contribution in [3.63, 3.8) is 0 Å². The van der Waals surface area contributed by atoms with Crippen LogP contribution in [-0.2, 0) is 0 Å². The number of guanidine groups is 1. The second kappa shape index (κ2) is 3.57. The number of nitrogens with zero attached hydrogens (tertiary/aromatic N) is 2. The highest BCUT2D eigenvalue weighted by atomic mass is 16.5. The van der Waals surface area contributed by atoms with Crippen molar-refractivity contribution < 1.29 is 4.74 Å². The highest BCUT2D eigenvalue weighted by Gasteiger charge is 2.18. The first kappa shape index (κ1) is 8.87. The molecule has 0 radical (unpaired) electrons. The topological polar surface area (TPSA) is 50.8 Å². The Morgan fingerprint density at radius 2 is 2.21 bits per heavy atom. The molecule has 0 atom stereocenters. The SMILES string of the molecule is COc1ccccc1N1CCN=C1N. The van der Waals surface area contributed by atoms with Gasteiger partial charge in [-0.25, -0.2) is 0 Å². The molecule has 2 N–H and O–H groups in total. The van der Waals surface area contributed by atoms with Crippen molar-refractivity contribution in [2.75, 3.05) is 25.1 Å². The van der Waals surface area contributed by atoms with Crippen molar-refractivity contribution in [2.45, 2.75) is 0 Å². The second-order valence-corrected chi connectivity index (χ2v) is 3.06. The van der Waals surface area contributed by atoms with Gasteiger partial charge in [0.05, 0.1) is 19.3 Å².